The van der Waals surface area contributed by atoms with Gasteiger partial charge in [0.25, 0.3) is 0 Å². The number of nitrogens with zero attached hydrogens (tertiary/aromatic N) is 3. The molecule has 1 heterocycles. The third kappa shape index (κ3) is 5.42. The molecule has 1 saturated carbocycles. The zero-order valence-corrected chi connectivity index (χ0v) is 12.8. The van der Waals surface area contributed by atoms with Gasteiger partial charge >= 0.3 is 6.03 Å². The quantitative estimate of drug-likeness (QED) is 0.642. The van der Waals surface area contributed by atoms with Crippen LogP contribution < -0.4 is 10.6 Å². The second-order valence-corrected chi connectivity index (χ2v) is 5.79. The summed E-state index contributed by atoms with van der Waals surface area (Å²) in [5.41, 5.74) is 0. The first kappa shape index (κ1) is 16.4. The third-order valence-electron chi connectivity index (χ3n) is 3.73. The molecule has 2 atom stereocenters. The van der Waals surface area contributed by atoms with Crippen LogP contribution in [0.1, 0.15) is 25.7 Å². The normalized spacial score (nSPS) is 20.8. The fourth-order valence-electron chi connectivity index (χ4n) is 2.70. The Hall–Kier alpha value is -1.98. The second kappa shape index (κ2) is 8.46. The number of urea groups is 1. The van der Waals surface area contributed by atoms with E-state index in [1.807, 2.05) is 0 Å². The Bertz CT molecular complexity index is 545. The first-order valence-electron chi connectivity index (χ1n) is 7.25. The summed E-state index contributed by atoms with van der Waals surface area (Å²) in [5.74, 6) is 1.17. The SMILES string of the molecule is O=C=NCC1CCCC(CNC(=O)Nc2ccc(Cl)nn2)C1. The van der Waals surface area contributed by atoms with Crippen molar-refractivity contribution in [3.05, 3.63) is 17.3 Å². The van der Waals surface area contributed by atoms with Gasteiger partial charge in [-0.3, -0.25) is 5.32 Å². The van der Waals surface area contributed by atoms with E-state index in [0.29, 0.717) is 30.7 Å². The van der Waals surface area contributed by atoms with Gasteiger partial charge in [0.2, 0.25) is 6.08 Å². The Morgan fingerprint density at radius 1 is 1.36 bits per heavy atom. The van der Waals surface area contributed by atoms with Crippen LogP contribution in [0.5, 0.6) is 0 Å². The average Bonchev–Trinajstić information content (AvgIpc) is 2.53. The molecular formula is C14H18ClN5O2. The molecule has 0 spiro atoms. The maximum Gasteiger partial charge on any atom is 0.320 e. The molecule has 1 aliphatic carbocycles. The molecule has 2 rings (SSSR count). The summed E-state index contributed by atoms with van der Waals surface area (Å²) in [6.07, 6.45) is 5.79. The number of rotatable bonds is 5. The predicted molar refractivity (Wildman–Crippen MR) is 82.5 cm³/mol. The van der Waals surface area contributed by atoms with Crippen molar-refractivity contribution in [2.24, 2.45) is 16.8 Å². The molecule has 7 nitrogen and oxygen atoms in total. The Labute approximate surface area is 133 Å². The monoisotopic (exact) mass is 323 g/mol. The number of amides is 2. The third-order valence-corrected chi connectivity index (χ3v) is 3.93. The van der Waals surface area contributed by atoms with Crippen LogP contribution in [0.15, 0.2) is 17.1 Å². The molecule has 0 radical (unpaired) electrons. The van der Waals surface area contributed by atoms with Gasteiger partial charge in [-0.25, -0.2) is 14.6 Å². The number of anilines is 1. The molecule has 1 aliphatic rings. The minimum atomic E-state index is -0.315. The molecule has 22 heavy (non-hydrogen) atoms. The topological polar surface area (TPSA) is 96.3 Å². The highest BCUT2D eigenvalue weighted by atomic mass is 35.5. The second-order valence-electron chi connectivity index (χ2n) is 5.41. The maximum atomic E-state index is 11.8. The number of hydrogen-bond donors (Lipinski definition) is 2. The number of aromatic nitrogens is 2. The van der Waals surface area contributed by atoms with Gasteiger partial charge in [0.1, 0.15) is 0 Å². The maximum absolute atomic E-state index is 11.8. The first-order valence-corrected chi connectivity index (χ1v) is 7.63. The van der Waals surface area contributed by atoms with Crippen LogP contribution in [-0.4, -0.2) is 35.4 Å². The molecule has 8 heteroatoms. The Kier molecular flexibility index (Phi) is 6.30. The van der Waals surface area contributed by atoms with Gasteiger partial charge in [-0.2, -0.15) is 0 Å². The fraction of sp³-hybridized carbons (Fsp3) is 0.571. The van der Waals surface area contributed by atoms with Crippen molar-refractivity contribution >= 4 is 29.5 Å². The number of hydrogen-bond acceptors (Lipinski definition) is 5. The standard InChI is InChI=1S/C14H18ClN5O2/c15-12-4-5-13(20-19-12)18-14(22)17-8-11-3-1-2-10(6-11)7-16-9-21/h4-5,10-11H,1-3,6-8H2,(H2,17,18,20,22). The van der Waals surface area contributed by atoms with Gasteiger partial charge in [-0.1, -0.05) is 18.0 Å². The number of isocyanates is 1. The van der Waals surface area contributed by atoms with Crippen molar-refractivity contribution in [2.45, 2.75) is 25.7 Å². The molecule has 2 N–H and O–H groups in total. The number of carbonyl (C=O) groups excluding carboxylic acids is 2. The smallest absolute Gasteiger partial charge is 0.320 e. The molecule has 1 aromatic heterocycles. The van der Waals surface area contributed by atoms with Crippen molar-refractivity contribution in [3.8, 4) is 0 Å². The van der Waals surface area contributed by atoms with Crippen LogP contribution in [0.25, 0.3) is 0 Å². The van der Waals surface area contributed by atoms with Crippen molar-refractivity contribution < 1.29 is 9.59 Å². The van der Waals surface area contributed by atoms with E-state index in [9.17, 15) is 9.59 Å². The molecular weight excluding hydrogens is 306 g/mol. The summed E-state index contributed by atoms with van der Waals surface area (Å²) in [6.45, 7) is 1.13. The van der Waals surface area contributed by atoms with Gasteiger partial charge < -0.3 is 5.32 Å². The number of halogens is 1. The zero-order valence-electron chi connectivity index (χ0n) is 12.1. The average molecular weight is 324 g/mol. The number of nitrogens with one attached hydrogen (secondary N) is 2. The van der Waals surface area contributed by atoms with E-state index in [4.69, 9.17) is 11.6 Å². The van der Waals surface area contributed by atoms with E-state index in [0.717, 1.165) is 25.7 Å². The van der Waals surface area contributed by atoms with Crippen molar-refractivity contribution in [2.75, 3.05) is 18.4 Å². The summed E-state index contributed by atoms with van der Waals surface area (Å²) in [7, 11) is 0. The lowest BCUT2D eigenvalue weighted by molar-refractivity contribution is 0.239. The van der Waals surface area contributed by atoms with Crippen LogP contribution >= 0.6 is 11.6 Å². The van der Waals surface area contributed by atoms with Crippen LogP contribution in [-0.2, 0) is 4.79 Å². The summed E-state index contributed by atoms with van der Waals surface area (Å²) in [4.78, 5) is 25.6. The lowest BCUT2D eigenvalue weighted by Crippen LogP contribution is -2.35. The van der Waals surface area contributed by atoms with Crippen molar-refractivity contribution in [1.29, 1.82) is 0 Å². The van der Waals surface area contributed by atoms with E-state index in [2.05, 4.69) is 25.8 Å². The first-order chi connectivity index (χ1) is 10.7. The number of carbonyl (C=O) groups is 1. The molecule has 0 saturated heterocycles. The van der Waals surface area contributed by atoms with E-state index in [1.165, 1.54) is 0 Å². The highest BCUT2D eigenvalue weighted by molar-refractivity contribution is 6.29. The Morgan fingerprint density at radius 3 is 2.91 bits per heavy atom. The Morgan fingerprint density at radius 2 is 2.18 bits per heavy atom. The van der Waals surface area contributed by atoms with E-state index in [1.54, 1.807) is 18.2 Å². The summed E-state index contributed by atoms with van der Waals surface area (Å²) in [6, 6.07) is 2.83. The van der Waals surface area contributed by atoms with Crippen LogP contribution in [0.4, 0.5) is 10.6 Å². The largest absolute Gasteiger partial charge is 0.338 e. The van der Waals surface area contributed by atoms with Crippen LogP contribution in [0.2, 0.25) is 5.15 Å². The molecule has 2 unspecified atom stereocenters. The molecule has 0 aromatic carbocycles. The van der Waals surface area contributed by atoms with Gasteiger partial charge in [0, 0.05) is 6.54 Å². The Balaban J connectivity index is 1.73. The highest BCUT2D eigenvalue weighted by Gasteiger charge is 2.22. The molecule has 0 bridgehead atoms. The van der Waals surface area contributed by atoms with Gasteiger partial charge in [0.15, 0.2) is 11.0 Å². The van der Waals surface area contributed by atoms with Gasteiger partial charge in [-0.05, 0) is 43.2 Å². The minimum absolute atomic E-state index is 0.275. The summed E-state index contributed by atoms with van der Waals surface area (Å²) < 4.78 is 0. The van der Waals surface area contributed by atoms with Gasteiger partial charge in [0.05, 0.1) is 6.54 Å². The number of aliphatic imine (C=N–C) groups is 1. The summed E-state index contributed by atoms with van der Waals surface area (Å²) in [5, 5.41) is 13.1. The lowest BCUT2D eigenvalue weighted by Gasteiger charge is -2.27. The van der Waals surface area contributed by atoms with Crippen molar-refractivity contribution in [1.82, 2.24) is 15.5 Å². The minimum Gasteiger partial charge on any atom is -0.338 e. The lowest BCUT2D eigenvalue weighted by atomic mass is 9.81. The summed E-state index contributed by atoms with van der Waals surface area (Å²) >= 11 is 5.63. The fourth-order valence-corrected chi connectivity index (χ4v) is 2.80. The zero-order chi connectivity index (χ0) is 15.8. The highest BCUT2D eigenvalue weighted by Crippen LogP contribution is 2.28. The molecule has 118 valence electrons. The van der Waals surface area contributed by atoms with Gasteiger partial charge in [-0.15, -0.1) is 10.2 Å². The molecule has 2 amide bonds. The van der Waals surface area contributed by atoms with Crippen molar-refractivity contribution in [3.63, 3.8) is 0 Å². The molecule has 0 aliphatic heterocycles. The van der Waals surface area contributed by atoms with Crippen LogP contribution in [0.3, 0.4) is 0 Å². The van der Waals surface area contributed by atoms with E-state index < -0.39 is 0 Å². The van der Waals surface area contributed by atoms with Crippen LogP contribution in [0, 0.1) is 11.8 Å². The molecule has 1 fully saturated rings. The predicted octanol–water partition coefficient (Wildman–Crippen LogP) is 2.39. The molecule has 1 aromatic rings. The van der Waals surface area contributed by atoms with E-state index in [-0.39, 0.29) is 11.2 Å². The van der Waals surface area contributed by atoms with E-state index >= 15 is 0 Å².